The monoisotopic (exact) mass is 180 g/mol. The van der Waals surface area contributed by atoms with Gasteiger partial charge in [0.2, 0.25) is 0 Å². The highest BCUT2D eigenvalue weighted by atomic mass is 16.1. The minimum atomic E-state index is 0.295. The first kappa shape index (κ1) is 9.23. The van der Waals surface area contributed by atoms with Crippen molar-refractivity contribution in [2.24, 2.45) is 22.7 Å². The second-order valence-corrected chi connectivity index (χ2v) is 5.77. The topological polar surface area (TPSA) is 17.1 Å². The van der Waals surface area contributed by atoms with Crippen LogP contribution in [0.3, 0.4) is 0 Å². The number of hydrogen-bond acceptors (Lipinski definition) is 1. The molecule has 1 heteroatoms. The summed E-state index contributed by atoms with van der Waals surface area (Å²) in [6.45, 7) is 8.81. The minimum absolute atomic E-state index is 0.295. The van der Waals surface area contributed by atoms with Crippen LogP contribution in [0.5, 0.6) is 0 Å². The zero-order valence-corrected chi connectivity index (χ0v) is 9.18. The third-order valence-corrected chi connectivity index (χ3v) is 5.28. The SMILES string of the molecule is CC(=O)C1C[C@H]2CC[C@]1(C)C2(C)C. The lowest BCUT2D eigenvalue weighted by Crippen LogP contribution is -2.35. The van der Waals surface area contributed by atoms with E-state index in [1.54, 1.807) is 6.92 Å². The third-order valence-electron chi connectivity index (χ3n) is 5.28. The van der Waals surface area contributed by atoms with Crippen LogP contribution in [0.25, 0.3) is 0 Å². The van der Waals surface area contributed by atoms with Crippen LogP contribution in [0.4, 0.5) is 0 Å². The summed E-state index contributed by atoms with van der Waals surface area (Å²) in [5.41, 5.74) is 0.687. The molecular weight excluding hydrogens is 160 g/mol. The number of hydrogen-bond donors (Lipinski definition) is 0. The Balaban J connectivity index is 2.38. The fourth-order valence-corrected chi connectivity index (χ4v) is 3.82. The normalized spacial score (nSPS) is 46.8. The van der Waals surface area contributed by atoms with Gasteiger partial charge in [0.15, 0.2) is 0 Å². The van der Waals surface area contributed by atoms with Crippen LogP contribution >= 0.6 is 0 Å². The Bertz CT molecular complexity index is 254. The lowest BCUT2D eigenvalue weighted by molar-refractivity contribution is -0.125. The highest BCUT2D eigenvalue weighted by Crippen LogP contribution is 2.68. The summed E-state index contributed by atoms with van der Waals surface area (Å²) in [6, 6.07) is 0. The molecule has 0 radical (unpaired) electrons. The van der Waals surface area contributed by atoms with Crippen LogP contribution in [-0.4, -0.2) is 5.78 Å². The molecule has 0 N–H and O–H groups in total. The Morgan fingerprint density at radius 1 is 1.31 bits per heavy atom. The molecule has 0 aromatic rings. The molecule has 1 nitrogen and oxygen atoms in total. The van der Waals surface area contributed by atoms with E-state index in [0.29, 0.717) is 22.5 Å². The Morgan fingerprint density at radius 2 is 1.92 bits per heavy atom. The van der Waals surface area contributed by atoms with Gasteiger partial charge >= 0.3 is 0 Å². The van der Waals surface area contributed by atoms with Crippen molar-refractivity contribution >= 4 is 5.78 Å². The van der Waals surface area contributed by atoms with Gasteiger partial charge in [-0.2, -0.15) is 0 Å². The average Bonchev–Trinajstić information content (AvgIpc) is 2.34. The van der Waals surface area contributed by atoms with Gasteiger partial charge in [-0.05, 0) is 42.9 Å². The molecular formula is C12H20O. The fourth-order valence-electron chi connectivity index (χ4n) is 3.82. The summed E-state index contributed by atoms with van der Waals surface area (Å²) < 4.78 is 0. The molecule has 0 saturated heterocycles. The number of carbonyl (C=O) groups is 1. The zero-order valence-electron chi connectivity index (χ0n) is 9.18. The van der Waals surface area contributed by atoms with Crippen molar-refractivity contribution in [3.05, 3.63) is 0 Å². The molecule has 2 bridgehead atoms. The maximum Gasteiger partial charge on any atom is 0.133 e. The number of Topliss-reactive ketones (excluding diaryl/α,β-unsaturated/α-hetero) is 1. The summed E-state index contributed by atoms with van der Waals surface area (Å²) in [7, 11) is 0. The largest absolute Gasteiger partial charge is 0.300 e. The molecule has 0 aromatic carbocycles. The van der Waals surface area contributed by atoms with Gasteiger partial charge in [-0.25, -0.2) is 0 Å². The number of rotatable bonds is 1. The van der Waals surface area contributed by atoms with Crippen molar-refractivity contribution in [3.8, 4) is 0 Å². The zero-order chi connectivity index (χ0) is 9.85. The van der Waals surface area contributed by atoms with E-state index in [1.807, 2.05) is 0 Å². The van der Waals surface area contributed by atoms with Crippen LogP contribution in [0.1, 0.15) is 47.0 Å². The third kappa shape index (κ3) is 0.908. The molecule has 1 unspecified atom stereocenters. The first-order valence-electron chi connectivity index (χ1n) is 5.40. The fraction of sp³-hybridized carbons (Fsp3) is 0.917. The smallest absolute Gasteiger partial charge is 0.133 e. The second-order valence-electron chi connectivity index (χ2n) is 5.77. The van der Waals surface area contributed by atoms with Crippen LogP contribution in [0.2, 0.25) is 0 Å². The Morgan fingerprint density at radius 3 is 2.15 bits per heavy atom. The van der Waals surface area contributed by atoms with Crippen molar-refractivity contribution in [2.75, 3.05) is 0 Å². The van der Waals surface area contributed by atoms with Gasteiger partial charge in [-0.3, -0.25) is 4.79 Å². The Hall–Kier alpha value is -0.330. The first-order valence-corrected chi connectivity index (χ1v) is 5.40. The molecule has 3 atom stereocenters. The van der Waals surface area contributed by atoms with E-state index in [4.69, 9.17) is 0 Å². The minimum Gasteiger partial charge on any atom is -0.300 e. The molecule has 2 saturated carbocycles. The standard InChI is InChI=1S/C12H20O/c1-8(13)10-7-9-5-6-12(10,4)11(9,2)3/h9-10H,5-7H2,1-4H3/t9-,10?,12+/m1/s1. The van der Waals surface area contributed by atoms with Crippen LogP contribution < -0.4 is 0 Å². The van der Waals surface area contributed by atoms with Gasteiger partial charge in [-0.1, -0.05) is 20.8 Å². The maximum atomic E-state index is 11.5. The van der Waals surface area contributed by atoms with E-state index in [1.165, 1.54) is 12.8 Å². The molecule has 0 heterocycles. The molecule has 2 aliphatic carbocycles. The maximum absolute atomic E-state index is 11.5. The van der Waals surface area contributed by atoms with E-state index >= 15 is 0 Å². The molecule has 0 spiro atoms. The number of carbonyl (C=O) groups excluding carboxylic acids is 1. The highest BCUT2D eigenvalue weighted by Gasteiger charge is 2.62. The summed E-state index contributed by atoms with van der Waals surface area (Å²) in [5.74, 6) is 1.56. The summed E-state index contributed by atoms with van der Waals surface area (Å²) in [4.78, 5) is 11.5. The Labute approximate surface area is 80.9 Å². The van der Waals surface area contributed by atoms with Crippen molar-refractivity contribution in [3.63, 3.8) is 0 Å². The number of ketones is 1. The van der Waals surface area contributed by atoms with Crippen molar-refractivity contribution in [1.82, 2.24) is 0 Å². The van der Waals surface area contributed by atoms with E-state index in [9.17, 15) is 4.79 Å². The predicted molar refractivity (Wildman–Crippen MR) is 53.4 cm³/mol. The first-order chi connectivity index (χ1) is 5.89. The lowest BCUT2D eigenvalue weighted by Gasteiger charge is -2.38. The quantitative estimate of drug-likeness (QED) is 0.606. The van der Waals surface area contributed by atoms with Gasteiger partial charge in [0.25, 0.3) is 0 Å². The van der Waals surface area contributed by atoms with E-state index in [2.05, 4.69) is 20.8 Å². The van der Waals surface area contributed by atoms with Crippen molar-refractivity contribution in [2.45, 2.75) is 47.0 Å². The molecule has 2 fully saturated rings. The van der Waals surface area contributed by atoms with Crippen LogP contribution in [0.15, 0.2) is 0 Å². The molecule has 0 aromatic heterocycles. The van der Waals surface area contributed by atoms with E-state index in [-0.39, 0.29) is 0 Å². The molecule has 74 valence electrons. The van der Waals surface area contributed by atoms with E-state index < -0.39 is 0 Å². The van der Waals surface area contributed by atoms with Crippen molar-refractivity contribution in [1.29, 1.82) is 0 Å². The van der Waals surface area contributed by atoms with Crippen molar-refractivity contribution < 1.29 is 4.79 Å². The molecule has 0 aliphatic heterocycles. The molecule has 2 rings (SSSR count). The lowest BCUT2D eigenvalue weighted by atomic mass is 9.66. The van der Waals surface area contributed by atoms with Gasteiger partial charge < -0.3 is 0 Å². The van der Waals surface area contributed by atoms with E-state index in [0.717, 1.165) is 12.3 Å². The van der Waals surface area contributed by atoms with Gasteiger partial charge in [0.1, 0.15) is 5.78 Å². The van der Waals surface area contributed by atoms with Gasteiger partial charge in [-0.15, -0.1) is 0 Å². The average molecular weight is 180 g/mol. The Kier molecular flexibility index (Phi) is 1.68. The highest BCUT2D eigenvalue weighted by molar-refractivity contribution is 5.80. The molecule has 0 amide bonds. The predicted octanol–water partition coefficient (Wildman–Crippen LogP) is 3.04. The summed E-state index contributed by atoms with van der Waals surface area (Å²) >= 11 is 0. The second kappa shape index (κ2) is 2.37. The molecule has 13 heavy (non-hydrogen) atoms. The summed E-state index contributed by atoms with van der Waals surface area (Å²) in [6.07, 6.45) is 3.75. The van der Waals surface area contributed by atoms with Crippen LogP contribution in [0, 0.1) is 22.7 Å². The molecule has 2 aliphatic rings. The van der Waals surface area contributed by atoms with Gasteiger partial charge in [0, 0.05) is 5.92 Å². The number of fused-ring (bicyclic) bond motifs is 2. The summed E-state index contributed by atoms with van der Waals surface area (Å²) in [5, 5.41) is 0. The van der Waals surface area contributed by atoms with Crippen LogP contribution in [-0.2, 0) is 4.79 Å². The van der Waals surface area contributed by atoms with Gasteiger partial charge in [0.05, 0.1) is 0 Å².